The van der Waals surface area contributed by atoms with Crippen LogP contribution in [-0.4, -0.2) is 25.1 Å². The van der Waals surface area contributed by atoms with E-state index in [4.69, 9.17) is 15.8 Å². The summed E-state index contributed by atoms with van der Waals surface area (Å²) in [6.07, 6.45) is -0.00771. The highest BCUT2D eigenvalue weighted by atomic mass is 35.7. The molecule has 0 saturated heterocycles. The highest BCUT2D eigenvalue weighted by Crippen LogP contribution is 2.10. The predicted octanol–water partition coefficient (Wildman–Crippen LogP) is 1.07. The lowest BCUT2D eigenvalue weighted by atomic mass is 10.1. The van der Waals surface area contributed by atoms with Gasteiger partial charge in [-0.2, -0.15) is 0 Å². The third-order valence-corrected chi connectivity index (χ3v) is 2.67. The Morgan fingerprint density at radius 3 is 2.27 bits per heavy atom. The molecule has 4 nitrogen and oxygen atoms in total. The third kappa shape index (κ3) is 4.80. The van der Waals surface area contributed by atoms with Crippen LogP contribution >= 0.6 is 10.7 Å². The van der Waals surface area contributed by atoms with Gasteiger partial charge in [0.15, 0.2) is 5.78 Å². The Morgan fingerprint density at radius 1 is 1.27 bits per heavy atom. The maximum atomic E-state index is 11.2. The first kappa shape index (κ1) is 12.0. The first-order valence-electron chi connectivity index (χ1n) is 4.09. The van der Waals surface area contributed by atoms with Crippen molar-refractivity contribution in [3.05, 3.63) is 29.8 Å². The predicted molar refractivity (Wildman–Crippen MR) is 56.5 cm³/mol. The molecular formula is C9H9ClO4S. The van der Waals surface area contributed by atoms with Crippen molar-refractivity contribution in [2.24, 2.45) is 0 Å². The van der Waals surface area contributed by atoms with Crippen LogP contribution in [0, 0.1) is 0 Å². The first-order valence-corrected chi connectivity index (χ1v) is 6.56. The molecule has 0 aliphatic carbocycles. The molecule has 82 valence electrons. The van der Waals surface area contributed by atoms with Gasteiger partial charge in [0.05, 0.1) is 0 Å². The van der Waals surface area contributed by atoms with Gasteiger partial charge < -0.3 is 5.11 Å². The van der Waals surface area contributed by atoms with Gasteiger partial charge in [-0.3, -0.25) is 4.79 Å². The molecule has 1 rings (SSSR count). The Bertz CT molecular complexity index is 450. The maximum absolute atomic E-state index is 11.2. The number of halogens is 1. The van der Waals surface area contributed by atoms with Crippen molar-refractivity contribution < 1.29 is 18.3 Å². The van der Waals surface area contributed by atoms with Crippen molar-refractivity contribution in [2.75, 3.05) is 5.75 Å². The van der Waals surface area contributed by atoms with Crippen molar-refractivity contribution in [3.8, 4) is 5.75 Å². The lowest BCUT2D eigenvalue weighted by Crippen LogP contribution is -2.13. The topological polar surface area (TPSA) is 71.4 Å². The van der Waals surface area contributed by atoms with Crippen LogP contribution in [0.1, 0.15) is 5.56 Å². The fourth-order valence-electron chi connectivity index (χ4n) is 1.08. The fraction of sp³-hybridized carbons (Fsp3) is 0.222. The molecule has 0 aliphatic heterocycles. The third-order valence-electron chi connectivity index (χ3n) is 1.67. The molecule has 0 aliphatic rings. The van der Waals surface area contributed by atoms with Gasteiger partial charge in [-0.15, -0.1) is 0 Å². The summed E-state index contributed by atoms with van der Waals surface area (Å²) in [5.41, 5.74) is 0.637. The summed E-state index contributed by atoms with van der Waals surface area (Å²) in [4.78, 5) is 11.2. The highest BCUT2D eigenvalue weighted by molar-refractivity contribution is 8.14. The monoisotopic (exact) mass is 248 g/mol. The average Bonchev–Trinajstić information content (AvgIpc) is 2.05. The van der Waals surface area contributed by atoms with Gasteiger partial charge in [-0.25, -0.2) is 8.42 Å². The lowest BCUT2D eigenvalue weighted by molar-refractivity contribution is -0.116. The van der Waals surface area contributed by atoms with Gasteiger partial charge in [0.1, 0.15) is 11.5 Å². The van der Waals surface area contributed by atoms with Crippen molar-refractivity contribution >= 4 is 25.5 Å². The molecule has 0 atom stereocenters. The summed E-state index contributed by atoms with van der Waals surface area (Å²) < 4.78 is 21.2. The molecule has 1 aromatic carbocycles. The largest absolute Gasteiger partial charge is 0.508 e. The molecule has 0 radical (unpaired) electrons. The molecule has 0 spiro atoms. The number of hydrogen-bond donors (Lipinski definition) is 1. The van der Waals surface area contributed by atoms with Crippen LogP contribution < -0.4 is 0 Å². The van der Waals surface area contributed by atoms with Crippen LogP contribution in [0.4, 0.5) is 0 Å². The highest BCUT2D eigenvalue weighted by Gasteiger charge is 2.13. The SMILES string of the molecule is O=C(Cc1ccc(O)cc1)CS(=O)(=O)Cl. The van der Waals surface area contributed by atoms with E-state index >= 15 is 0 Å². The summed E-state index contributed by atoms with van der Waals surface area (Å²) in [6, 6.07) is 5.96. The van der Waals surface area contributed by atoms with Gasteiger partial charge in [-0.05, 0) is 17.7 Å². The normalized spacial score (nSPS) is 11.3. The summed E-state index contributed by atoms with van der Waals surface area (Å²) >= 11 is 0. The number of Topliss-reactive ketones (excluding diaryl/α,β-unsaturated/α-hetero) is 1. The van der Waals surface area contributed by atoms with E-state index in [-0.39, 0.29) is 12.2 Å². The minimum atomic E-state index is -3.78. The Morgan fingerprint density at radius 2 is 1.80 bits per heavy atom. The second-order valence-electron chi connectivity index (χ2n) is 3.07. The second-order valence-corrected chi connectivity index (χ2v) is 5.84. The van der Waals surface area contributed by atoms with Crippen molar-refractivity contribution in [3.63, 3.8) is 0 Å². The number of benzene rings is 1. The van der Waals surface area contributed by atoms with E-state index in [2.05, 4.69) is 0 Å². The summed E-state index contributed by atoms with van der Waals surface area (Å²) in [7, 11) is 1.15. The molecule has 15 heavy (non-hydrogen) atoms. The molecule has 0 unspecified atom stereocenters. The Kier molecular flexibility index (Phi) is 3.71. The second kappa shape index (κ2) is 4.63. The smallest absolute Gasteiger partial charge is 0.239 e. The van der Waals surface area contributed by atoms with Crippen LogP contribution in [0.5, 0.6) is 5.75 Å². The zero-order valence-corrected chi connectivity index (χ0v) is 9.25. The molecule has 1 aromatic rings. The van der Waals surface area contributed by atoms with Gasteiger partial charge in [0.2, 0.25) is 9.05 Å². The Hall–Kier alpha value is -1.07. The number of rotatable bonds is 4. The van der Waals surface area contributed by atoms with E-state index in [0.717, 1.165) is 0 Å². The number of phenolic OH excluding ortho intramolecular Hbond substituents is 1. The number of aromatic hydroxyl groups is 1. The van der Waals surface area contributed by atoms with Crippen LogP contribution in [0.15, 0.2) is 24.3 Å². The van der Waals surface area contributed by atoms with Crippen LogP contribution in [0.25, 0.3) is 0 Å². The van der Waals surface area contributed by atoms with Crippen LogP contribution in [-0.2, 0) is 20.3 Å². The maximum Gasteiger partial charge on any atom is 0.239 e. The molecule has 0 amide bonds. The van der Waals surface area contributed by atoms with E-state index < -0.39 is 20.6 Å². The van der Waals surface area contributed by atoms with Crippen LogP contribution in [0.3, 0.4) is 0 Å². The van der Waals surface area contributed by atoms with E-state index in [0.29, 0.717) is 5.56 Å². The standard InChI is InChI=1S/C9H9ClO4S/c10-15(13,14)6-9(12)5-7-1-3-8(11)4-2-7/h1-4,11H,5-6H2. The summed E-state index contributed by atoms with van der Waals surface area (Å²) in [5, 5.41) is 8.98. The minimum Gasteiger partial charge on any atom is -0.508 e. The first-order chi connectivity index (χ1) is 6.87. The van der Waals surface area contributed by atoms with E-state index in [1.54, 1.807) is 12.1 Å². The molecule has 6 heteroatoms. The number of carbonyl (C=O) groups excluding carboxylic acids is 1. The molecule has 1 N–H and O–H groups in total. The van der Waals surface area contributed by atoms with E-state index in [1.807, 2.05) is 0 Å². The zero-order valence-electron chi connectivity index (χ0n) is 7.68. The number of ketones is 1. The number of carbonyl (C=O) groups is 1. The van der Waals surface area contributed by atoms with Gasteiger partial charge in [-0.1, -0.05) is 12.1 Å². The van der Waals surface area contributed by atoms with E-state index in [9.17, 15) is 13.2 Å². The molecule has 0 fully saturated rings. The van der Waals surface area contributed by atoms with Crippen molar-refractivity contribution in [1.29, 1.82) is 0 Å². The summed E-state index contributed by atoms with van der Waals surface area (Å²) in [6.45, 7) is 0. The van der Waals surface area contributed by atoms with Gasteiger partial charge >= 0.3 is 0 Å². The zero-order chi connectivity index (χ0) is 11.5. The lowest BCUT2D eigenvalue weighted by Gasteiger charge is -1.99. The fourth-order valence-corrected chi connectivity index (χ4v) is 1.94. The van der Waals surface area contributed by atoms with Crippen molar-refractivity contribution in [1.82, 2.24) is 0 Å². The molecule has 0 aromatic heterocycles. The molecule has 0 saturated carbocycles. The Balaban J connectivity index is 2.63. The van der Waals surface area contributed by atoms with E-state index in [1.165, 1.54) is 12.1 Å². The summed E-state index contributed by atoms with van der Waals surface area (Å²) in [5.74, 6) is -1.05. The molecular weight excluding hydrogens is 240 g/mol. The average molecular weight is 249 g/mol. The minimum absolute atomic E-state index is 0.00771. The molecule has 0 heterocycles. The molecule has 0 bridgehead atoms. The van der Waals surface area contributed by atoms with Gasteiger partial charge in [0, 0.05) is 17.1 Å². The quantitative estimate of drug-likeness (QED) is 0.810. The Labute approximate surface area is 91.9 Å². The van der Waals surface area contributed by atoms with Crippen LogP contribution in [0.2, 0.25) is 0 Å². The number of phenols is 1. The van der Waals surface area contributed by atoms with Crippen molar-refractivity contribution in [2.45, 2.75) is 6.42 Å². The van der Waals surface area contributed by atoms with Gasteiger partial charge in [0.25, 0.3) is 0 Å². The number of hydrogen-bond acceptors (Lipinski definition) is 4.